The molecule has 3 amide bonds. The minimum absolute atomic E-state index is 0.111. The number of ether oxygens (including phenoxy) is 1. The van der Waals surface area contributed by atoms with Crippen molar-refractivity contribution in [2.24, 2.45) is 0 Å². The molecule has 0 bridgehead atoms. The molecule has 204 valence electrons. The number of benzene rings is 2. The van der Waals surface area contributed by atoms with E-state index < -0.39 is 0 Å². The average Bonchev–Trinajstić information content (AvgIpc) is 2.93. The van der Waals surface area contributed by atoms with Gasteiger partial charge >= 0.3 is 6.03 Å². The number of carbonyl (C=O) groups excluding carboxylic acids is 2. The van der Waals surface area contributed by atoms with Gasteiger partial charge in [-0.3, -0.25) is 4.79 Å². The second kappa shape index (κ2) is 11.7. The van der Waals surface area contributed by atoms with E-state index in [-0.39, 0.29) is 23.9 Å². The number of rotatable bonds is 7. The maximum absolute atomic E-state index is 12.6. The van der Waals surface area contributed by atoms with Crippen LogP contribution in [-0.2, 0) is 4.74 Å². The van der Waals surface area contributed by atoms with Crippen LogP contribution in [0.1, 0.15) is 35.9 Å². The fourth-order valence-corrected chi connectivity index (χ4v) is 4.43. The van der Waals surface area contributed by atoms with Crippen molar-refractivity contribution in [1.29, 1.82) is 0 Å². The minimum Gasteiger partial charge on any atom is -0.378 e. The lowest BCUT2D eigenvalue weighted by atomic mass is 10.1. The summed E-state index contributed by atoms with van der Waals surface area (Å²) in [5.74, 6) is 2.04. The first-order valence-electron chi connectivity index (χ1n) is 13.2. The molecule has 0 saturated carbocycles. The van der Waals surface area contributed by atoms with Gasteiger partial charge in [0.25, 0.3) is 5.91 Å². The Kier molecular flexibility index (Phi) is 7.99. The van der Waals surface area contributed by atoms with Crippen molar-refractivity contribution in [3.8, 4) is 11.4 Å². The number of likely N-dealkylation sites (tertiary alicyclic amines) is 1. The molecule has 0 spiro atoms. The van der Waals surface area contributed by atoms with Crippen LogP contribution < -0.4 is 20.9 Å². The molecule has 5 rings (SSSR count). The summed E-state index contributed by atoms with van der Waals surface area (Å²) in [6, 6.07) is 14.0. The quantitative estimate of drug-likeness (QED) is 0.426. The molecule has 11 heteroatoms. The van der Waals surface area contributed by atoms with Gasteiger partial charge < -0.3 is 30.5 Å². The molecule has 39 heavy (non-hydrogen) atoms. The summed E-state index contributed by atoms with van der Waals surface area (Å²) < 4.78 is 5.46. The van der Waals surface area contributed by atoms with Crippen LogP contribution in [0.2, 0.25) is 0 Å². The molecule has 11 nitrogen and oxygen atoms in total. The minimum atomic E-state index is -0.380. The lowest BCUT2D eigenvalue weighted by Gasteiger charge is -2.36. The van der Waals surface area contributed by atoms with Gasteiger partial charge in [-0.15, -0.1) is 0 Å². The first-order chi connectivity index (χ1) is 18.8. The Labute approximate surface area is 228 Å². The Morgan fingerprint density at radius 3 is 2.10 bits per heavy atom. The number of nitrogens with zero attached hydrogens (tertiary/aromatic N) is 5. The lowest BCUT2D eigenvalue weighted by molar-refractivity contribution is 0.0857. The molecule has 2 aliphatic rings. The molecule has 0 aliphatic carbocycles. The van der Waals surface area contributed by atoms with Crippen LogP contribution in [0.4, 0.5) is 22.1 Å². The molecular formula is C28H34N8O3. The fraction of sp³-hybridized carbons (Fsp3) is 0.393. The standard InChI is InChI=1S/C28H34N8O3/c1-18(2)24-32-25(34-27(33-24)36-12-14-39-15-13-36)19-4-8-21(9-5-19)30-28(38)31-22-10-6-20(7-11-22)26(37)29-23-16-35(3)17-23/h4-11,18,23H,12-17H2,1-3H3,(H,29,37)(H2,30,31,38). The zero-order chi connectivity index (χ0) is 27.4. The molecule has 0 unspecified atom stereocenters. The van der Waals surface area contributed by atoms with Crippen molar-refractivity contribution in [3.05, 3.63) is 59.9 Å². The number of hydrogen-bond donors (Lipinski definition) is 3. The average molecular weight is 531 g/mol. The molecule has 3 heterocycles. The normalized spacial score (nSPS) is 16.1. The predicted octanol–water partition coefficient (Wildman–Crippen LogP) is 3.19. The van der Waals surface area contributed by atoms with Crippen molar-refractivity contribution in [2.75, 3.05) is 62.0 Å². The van der Waals surface area contributed by atoms with E-state index in [1.54, 1.807) is 24.3 Å². The van der Waals surface area contributed by atoms with Gasteiger partial charge in [0.2, 0.25) is 5.95 Å². The van der Waals surface area contributed by atoms with Crippen molar-refractivity contribution >= 4 is 29.3 Å². The van der Waals surface area contributed by atoms with E-state index in [4.69, 9.17) is 9.72 Å². The number of urea groups is 1. The third kappa shape index (κ3) is 6.68. The van der Waals surface area contributed by atoms with E-state index in [0.717, 1.165) is 37.6 Å². The maximum Gasteiger partial charge on any atom is 0.323 e. The Balaban J connectivity index is 1.20. The molecule has 2 fully saturated rings. The van der Waals surface area contributed by atoms with Gasteiger partial charge in [-0.1, -0.05) is 13.8 Å². The lowest BCUT2D eigenvalue weighted by Crippen LogP contribution is -2.57. The highest BCUT2D eigenvalue weighted by Crippen LogP contribution is 2.23. The molecule has 3 N–H and O–H groups in total. The van der Waals surface area contributed by atoms with Crippen LogP contribution in [0.25, 0.3) is 11.4 Å². The van der Waals surface area contributed by atoms with E-state index >= 15 is 0 Å². The number of likely N-dealkylation sites (N-methyl/N-ethyl adjacent to an activating group) is 1. The molecule has 0 radical (unpaired) electrons. The SMILES string of the molecule is CC(C)c1nc(-c2ccc(NC(=O)Nc3ccc(C(=O)NC4CN(C)C4)cc3)cc2)nc(N2CCOCC2)n1. The van der Waals surface area contributed by atoms with E-state index in [1.165, 1.54) is 0 Å². The van der Waals surface area contributed by atoms with Gasteiger partial charge in [0.05, 0.1) is 19.3 Å². The summed E-state index contributed by atoms with van der Waals surface area (Å²) >= 11 is 0. The molecule has 3 aromatic rings. The molecule has 2 aromatic carbocycles. The van der Waals surface area contributed by atoms with Crippen LogP contribution in [-0.4, -0.2) is 84.3 Å². The summed E-state index contributed by atoms with van der Waals surface area (Å²) in [6.45, 7) is 8.62. The third-order valence-corrected chi connectivity index (χ3v) is 6.66. The first kappa shape index (κ1) is 26.5. The second-order valence-electron chi connectivity index (χ2n) is 10.2. The smallest absolute Gasteiger partial charge is 0.323 e. The van der Waals surface area contributed by atoms with Crippen molar-refractivity contribution in [3.63, 3.8) is 0 Å². The maximum atomic E-state index is 12.6. The molecule has 1 aromatic heterocycles. The number of amides is 3. The number of carbonyl (C=O) groups is 2. The zero-order valence-corrected chi connectivity index (χ0v) is 22.5. The van der Waals surface area contributed by atoms with Gasteiger partial charge in [-0.2, -0.15) is 9.97 Å². The molecular weight excluding hydrogens is 496 g/mol. The summed E-state index contributed by atoms with van der Waals surface area (Å²) in [4.78, 5) is 43.3. The van der Waals surface area contributed by atoms with Gasteiger partial charge in [0, 0.05) is 54.6 Å². The highest BCUT2D eigenvalue weighted by atomic mass is 16.5. The van der Waals surface area contributed by atoms with Crippen molar-refractivity contribution in [1.82, 2.24) is 25.2 Å². The van der Waals surface area contributed by atoms with Crippen LogP contribution >= 0.6 is 0 Å². The zero-order valence-electron chi connectivity index (χ0n) is 22.5. The fourth-order valence-electron chi connectivity index (χ4n) is 4.43. The molecule has 0 atom stereocenters. The highest BCUT2D eigenvalue weighted by molar-refractivity contribution is 6.00. The number of hydrogen-bond acceptors (Lipinski definition) is 8. The summed E-state index contributed by atoms with van der Waals surface area (Å²) in [7, 11) is 2.02. The Hall–Kier alpha value is -4.09. The van der Waals surface area contributed by atoms with Crippen LogP contribution in [0.3, 0.4) is 0 Å². The largest absolute Gasteiger partial charge is 0.378 e. The highest BCUT2D eigenvalue weighted by Gasteiger charge is 2.25. The van der Waals surface area contributed by atoms with Gasteiger partial charge in [0.15, 0.2) is 5.82 Å². The number of nitrogens with one attached hydrogen (secondary N) is 3. The van der Waals surface area contributed by atoms with E-state index in [2.05, 4.69) is 49.6 Å². The first-order valence-corrected chi connectivity index (χ1v) is 13.2. The number of aromatic nitrogens is 3. The Morgan fingerprint density at radius 2 is 1.51 bits per heavy atom. The van der Waals surface area contributed by atoms with E-state index in [9.17, 15) is 9.59 Å². The summed E-state index contributed by atoms with van der Waals surface area (Å²) in [5, 5.41) is 8.63. The number of anilines is 3. The second-order valence-corrected chi connectivity index (χ2v) is 10.2. The third-order valence-electron chi connectivity index (χ3n) is 6.66. The van der Waals surface area contributed by atoms with Crippen LogP contribution in [0.15, 0.2) is 48.5 Å². The van der Waals surface area contributed by atoms with Gasteiger partial charge in [0.1, 0.15) is 5.82 Å². The van der Waals surface area contributed by atoms with Gasteiger partial charge in [-0.25, -0.2) is 9.78 Å². The van der Waals surface area contributed by atoms with Crippen LogP contribution in [0, 0.1) is 0 Å². The summed E-state index contributed by atoms with van der Waals surface area (Å²) in [6.07, 6.45) is 0. The van der Waals surface area contributed by atoms with Gasteiger partial charge in [-0.05, 0) is 55.6 Å². The summed E-state index contributed by atoms with van der Waals surface area (Å²) in [5.41, 5.74) is 2.61. The van der Waals surface area contributed by atoms with Crippen LogP contribution in [0.5, 0.6) is 0 Å². The number of morpholine rings is 1. The predicted molar refractivity (Wildman–Crippen MR) is 150 cm³/mol. The Morgan fingerprint density at radius 1 is 0.897 bits per heavy atom. The molecule has 2 aliphatic heterocycles. The van der Waals surface area contributed by atoms with E-state index in [0.29, 0.717) is 41.9 Å². The monoisotopic (exact) mass is 530 g/mol. The topological polar surface area (TPSA) is 125 Å². The van der Waals surface area contributed by atoms with Crippen molar-refractivity contribution in [2.45, 2.75) is 25.8 Å². The van der Waals surface area contributed by atoms with E-state index in [1.807, 2.05) is 31.3 Å². The van der Waals surface area contributed by atoms with Crippen molar-refractivity contribution < 1.29 is 14.3 Å². The molecule has 2 saturated heterocycles. The Bertz CT molecular complexity index is 1300.